The largest absolute Gasteiger partial charge is 0.496 e. The number of hydrogen-bond donors (Lipinski definition) is 1. The summed E-state index contributed by atoms with van der Waals surface area (Å²) >= 11 is 0. The van der Waals surface area contributed by atoms with Crippen LogP contribution in [0.3, 0.4) is 0 Å². The topological polar surface area (TPSA) is 118 Å². The maximum Gasteiger partial charge on any atom is 0.343 e. The lowest BCUT2D eigenvalue weighted by molar-refractivity contribution is -0.148. The van der Waals surface area contributed by atoms with Crippen molar-refractivity contribution >= 4 is 23.8 Å². The molecule has 1 aliphatic rings. The number of carbonyl (C=O) groups is 3. The van der Waals surface area contributed by atoms with E-state index < -0.39 is 29.9 Å². The Balaban J connectivity index is 1.94. The first kappa shape index (κ1) is 20.2. The third-order valence-electron chi connectivity index (χ3n) is 3.83. The molecule has 0 spiro atoms. The van der Waals surface area contributed by atoms with Crippen molar-refractivity contribution in [2.75, 3.05) is 27.9 Å². The van der Waals surface area contributed by atoms with Gasteiger partial charge in [-0.25, -0.2) is 9.59 Å². The van der Waals surface area contributed by atoms with Gasteiger partial charge in [-0.15, -0.1) is 0 Å². The second-order valence-corrected chi connectivity index (χ2v) is 5.47. The number of aliphatic hydroxyl groups excluding tert-OH is 1. The number of aliphatic hydroxyl groups is 1. The number of Topliss-reactive ketones (excluding diaryl/α,β-unsaturated/α-hetero) is 1. The highest BCUT2D eigenvalue weighted by atomic mass is 16.6. The number of cyclic esters (lactones) is 1. The Labute approximate surface area is 155 Å². The third kappa shape index (κ3) is 4.76. The number of methoxy groups -OCH3 is 3. The molecule has 146 valence electrons. The fraction of sp³-hybridized carbons (Fsp3) is 0.389. The molecule has 0 amide bonds. The van der Waals surface area contributed by atoms with Gasteiger partial charge in [0.15, 0.2) is 17.6 Å². The summed E-state index contributed by atoms with van der Waals surface area (Å²) in [6.07, 6.45) is -0.228. The SMILES string of the molecule is COc1cc(OC)c(OC)cc1C=CC(=O)OCC[C@H]1OC(=O)C(O)C1=O. The fourth-order valence-electron chi connectivity index (χ4n) is 2.41. The van der Waals surface area contributed by atoms with E-state index in [0.29, 0.717) is 22.8 Å². The van der Waals surface area contributed by atoms with Gasteiger partial charge in [-0.05, 0) is 12.1 Å². The normalized spacial score (nSPS) is 19.1. The van der Waals surface area contributed by atoms with Crippen LogP contribution in [-0.4, -0.2) is 63.0 Å². The van der Waals surface area contributed by atoms with E-state index in [4.69, 9.17) is 18.9 Å². The minimum absolute atomic E-state index is 0.0269. The van der Waals surface area contributed by atoms with Gasteiger partial charge in [-0.3, -0.25) is 4.79 Å². The highest BCUT2D eigenvalue weighted by Gasteiger charge is 2.41. The Kier molecular flexibility index (Phi) is 6.78. The summed E-state index contributed by atoms with van der Waals surface area (Å²) in [5, 5.41) is 9.21. The van der Waals surface area contributed by atoms with E-state index in [0.717, 1.165) is 0 Å². The standard InChI is InChI=1S/C18H20O9/c1-23-12-9-14(25-3)13(24-2)8-10(12)4-5-15(19)26-7-6-11-16(20)17(21)18(22)27-11/h4-5,8-9,11,17,21H,6-7H2,1-3H3/t11-,17?/m1/s1. The molecular formula is C18H20O9. The van der Waals surface area contributed by atoms with Gasteiger partial charge in [-0.1, -0.05) is 0 Å². The molecule has 9 nitrogen and oxygen atoms in total. The van der Waals surface area contributed by atoms with Crippen LogP contribution in [0.1, 0.15) is 12.0 Å². The molecule has 0 saturated carbocycles. The molecule has 0 aliphatic carbocycles. The molecule has 2 atom stereocenters. The molecule has 1 N–H and O–H groups in total. The summed E-state index contributed by atoms with van der Waals surface area (Å²) in [5.74, 6) is -0.977. The quantitative estimate of drug-likeness (QED) is 0.391. The molecule has 2 rings (SSSR count). The zero-order valence-electron chi connectivity index (χ0n) is 15.1. The average molecular weight is 380 g/mol. The Morgan fingerprint density at radius 2 is 1.74 bits per heavy atom. The van der Waals surface area contributed by atoms with Gasteiger partial charge in [-0.2, -0.15) is 0 Å². The number of esters is 2. The summed E-state index contributed by atoms with van der Waals surface area (Å²) in [7, 11) is 4.46. The van der Waals surface area contributed by atoms with Gasteiger partial charge in [0.25, 0.3) is 0 Å². The molecule has 1 aromatic rings. The van der Waals surface area contributed by atoms with E-state index in [1.165, 1.54) is 33.5 Å². The molecule has 1 aliphatic heterocycles. The van der Waals surface area contributed by atoms with E-state index in [-0.39, 0.29) is 13.0 Å². The molecule has 1 aromatic carbocycles. The number of ketones is 1. The van der Waals surface area contributed by atoms with Gasteiger partial charge in [0, 0.05) is 24.1 Å². The molecule has 0 bridgehead atoms. The average Bonchev–Trinajstić information content (AvgIpc) is 2.92. The van der Waals surface area contributed by atoms with Crippen LogP contribution in [0.5, 0.6) is 17.2 Å². The Bertz CT molecular complexity index is 753. The first-order valence-electron chi connectivity index (χ1n) is 7.98. The number of ether oxygens (including phenoxy) is 5. The minimum Gasteiger partial charge on any atom is -0.496 e. The van der Waals surface area contributed by atoms with Crippen LogP contribution in [-0.2, 0) is 23.9 Å². The first-order chi connectivity index (χ1) is 12.9. The molecule has 1 saturated heterocycles. The molecule has 1 unspecified atom stereocenters. The highest BCUT2D eigenvalue weighted by Crippen LogP contribution is 2.35. The monoisotopic (exact) mass is 380 g/mol. The molecule has 1 heterocycles. The van der Waals surface area contributed by atoms with Crippen molar-refractivity contribution in [2.24, 2.45) is 0 Å². The van der Waals surface area contributed by atoms with E-state index >= 15 is 0 Å². The highest BCUT2D eigenvalue weighted by molar-refractivity contribution is 6.08. The lowest BCUT2D eigenvalue weighted by Gasteiger charge is -2.12. The summed E-state index contributed by atoms with van der Waals surface area (Å²) in [4.78, 5) is 34.4. The summed E-state index contributed by atoms with van der Waals surface area (Å²) in [6, 6.07) is 3.26. The Morgan fingerprint density at radius 3 is 2.30 bits per heavy atom. The van der Waals surface area contributed by atoms with Crippen LogP contribution in [0.2, 0.25) is 0 Å². The third-order valence-corrected chi connectivity index (χ3v) is 3.83. The van der Waals surface area contributed by atoms with E-state index in [1.54, 1.807) is 12.1 Å². The molecule has 9 heteroatoms. The first-order valence-corrected chi connectivity index (χ1v) is 7.98. The zero-order valence-corrected chi connectivity index (χ0v) is 15.1. The van der Waals surface area contributed by atoms with Crippen molar-refractivity contribution in [1.29, 1.82) is 0 Å². The van der Waals surface area contributed by atoms with E-state index in [2.05, 4.69) is 4.74 Å². The lowest BCUT2D eigenvalue weighted by atomic mass is 10.1. The van der Waals surface area contributed by atoms with Gasteiger partial charge in [0.05, 0.1) is 27.9 Å². The Morgan fingerprint density at radius 1 is 1.11 bits per heavy atom. The van der Waals surface area contributed by atoms with Crippen LogP contribution in [0, 0.1) is 0 Å². The van der Waals surface area contributed by atoms with Crippen LogP contribution in [0.4, 0.5) is 0 Å². The minimum atomic E-state index is -1.76. The number of hydrogen-bond acceptors (Lipinski definition) is 9. The van der Waals surface area contributed by atoms with Crippen molar-refractivity contribution < 1.29 is 43.2 Å². The molecular weight excluding hydrogens is 360 g/mol. The zero-order chi connectivity index (χ0) is 20.0. The van der Waals surface area contributed by atoms with Crippen molar-refractivity contribution in [3.63, 3.8) is 0 Å². The summed E-state index contributed by atoms with van der Waals surface area (Å²) in [5.41, 5.74) is 0.565. The van der Waals surface area contributed by atoms with E-state index in [9.17, 15) is 19.5 Å². The van der Waals surface area contributed by atoms with Crippen molar-refractivity contribution in [3.05, 3.63) is 23.8 Å². The lowest BCUT2D eigenvalue weighted by Crippen LogP contribution is -2.26. The summed E-state index contributed by atoms with van der Waals surface area (Å²) in [6.45, 7) is -0.150. The predicted molar refractivity (Wildman–Crippen MR) is 91.6 cm³/mol. The van der Waals surface area contributed by atoms with Gasteiger partial charge in [0.1, 0.15) is 5.75 Å². The van der Waals surface area contributed by atoms with Crippen molar-refractivity contribution in [2.45, 2.75) is 18.6 Å². The predicted octanol–water partition coefficient (Wildman–Crippen LogP) is 0.514. The fourth-order valence-corrected chi connectivity index (χ4v) is 2.41. The maximum absolute atomic E-state index is 11.8. The second-order valence-electron chi connectivity index (χ2n) is 5.47. The molecule has 1 fully saturated rings. The number of benzene rings is 1. The van der Waals surface area contributed by atoms with Crippen LogP contribution in [0.25, 0.3) is 6.08 Å². The maximum atomic E-state index is 11.8. The molecule has 0 aromatic heterocycles. The van der Waals surface area contributed by atoms with Crippen LogP contribution < -0.4 is 14.2 Å². The smallest absolute Gasteiger partial charge is 0.343 e. The Hall–Kier alpha value is -3.07. The van der Waals surface area contributed by atoms with E-state index in [1.807, 2.05) is 0 Å². The van der Waals surface area contributed by atoms with Gasteiger partial charge < -0.3 is 28.8 Å². The molecule has 0 radical (unpaired) electrons. The van der Waals surface area contributed by atoms with Crippen LogP contribution in [0.15, 0.2) is 18.2 Å². The van der Waals surface area contributed by atoms with Crippen LogP contribution >= 0.6 is 0 Å². The number of carbonyl (C=O) groups excluding carboxylic acids is 3. The van der Waals surface area contributed by atoms with Crippen molar-refractivity contribution in [3.8, 4) is 17.2 Å². The summed E-state index contributed by atoms with van der Waals surface area (Å²) < 4.78 is 25.3. The van der Waals surface area contributed by atoms with Gasteiger partial charge in [0.2, 0.25) is 11.9 Å². The second kappa shape index (κ2) is 9.04. The van der Waals surface area contributed by atoms with Crippen molar-refractivity contribution in [1.82, 2.24) is 0 Å². The van der Waals surface area contributed by atoms with Gasteiger partial charge >= 0.3 is 11.9 Å². The number of rotatable bonds is 8. The molecule has 27 heavy (non-hydrogen) atoms.